The van der Waals surface area contributed by atoms with Gasteiger partial charge in [-0.05, 0) is 52.4 Å². The first-order valence-corrected chi connectivity index (χ1v) is 9.38. The molecule has 3 rings (SSSR count). The minimum absolute atomic E-state index is 0.00961. The standard InChI is InChI=1S/C18H30N2O5/c1-4-24-14(13-6-10-23-11-7-13)15(21)20-9-5-8-18(12-20)19-16(22)17(2,3)25-18/h13-14H,4-12H2,1-3H3,(H,19,22). The molecular weight excluding hydrogens is 324 g/mol. The zero-order chi connectivity index (χ0) is 18.1. The molecule has 3 saturated heterocycles. The Bertz CT molecular complexity index is 518. The number of hydrogen-bond acceptors (Lipinski definition) is 5. The second-order valence-corrected chi connectivity index (χ2v) is 7.75. The molecule has 0 aromatic rings. The zero-order valence-electron chi connectivity index (χ0n) is 15.5. The summed E-state index contributed by atoms with van der Waals surface area (Å²) in [5.74, 6) is 0.0811. The van der Waals surface area contributed by atoms with E-state index in [0.717, 1.165) is 25.7 Å². The Morgan fingerprint density at radius 3 is 2.72 bits per heavy atom. The number of carbonyl (C=O) groups is 2. The van der Waals surface area contributed by atoms with E-state index >= 15 is 0 Å². The predicted molar refractivity (Wildman–Crippen MR) is 90.8 cm³/mol. The highest BCUT2D eigenvalue weighted by Crippen LogP contribution is 2.34. The summed E-state index contributed by atoms with van der Waals surface area (Å²) in [5, 5.41) is 2.98. The van der Waals surface area contributed by atoms with Crippen LogP contribution in [0.3, 0.4) is 0 Å². The number of nitrogens with zero attached hydrogens (tertiary/aromatic N) is 1. The summed E-state index contributed by atoms with van der Waals surface area (Å²) >= 11 is 0. The van der Waals surface area contributed by atoms with Gasteiger partial charge in [0.25, 0.3) is 11.8 Å². The highest BCUT2D eigenvalue weighted by atomic mass is 16.6. The first kappa shape index (κ1) is 18.6. The number of amides is 2. The Labute approximate surface area is 149 Å². The summed E-state index contributed by atoms with van der Waals surface area (Å²) in [4.78, 5) is 27.1. The third kappa shape index (κ3) is 3.83. The molecule has 0 saturated carbocycles. The van der Waals surface area contributed by atoms with E-state index in [1.54, 1.807) is 18.7 Å². The van der Waals surface area contributed by atoms with Gasteiger partial charge >= 0.3 is 0 Å². The molecular formula is C18H30N2O5. The molecule has 0 aromatic heterocycles. The summed E-state index contributed by atoms with van der Waals surface area (Å²) in [7, 11) is 0. The minimum atomic E-state index is -0.855. The average molecular weight is 354 g/mol. The van der Waals surface area contributed by atoms with E-state index in [-0.39, 0.29) is 17.7 Å². The monoisotopic (exact) mass is 354 g/mol. The Morgan fingerprint density at radius 2 is 2.12 bits per heavy atom. The summed E-state index contributed by atoms with van der Waals surface area (Å²) in [6, 6.07) is 0. The first-order chi connectivity index (χ1) is 11.9. The fourth-order valence-electron chi connectivity index (χ4n) is 4.10. The van der Waals surface area contributed by atoms with Crippen LogP contribution in [0, 0.1) is 5.92 Å². The van der Waals surface area contributed by atoms with Crippen LogP contribution in [0.4, 0.5) is 0 Å². The molecule has 7 heteroatoms. The maximum Gasteiger partial charge on any atom is 0.254 e. The largest absolute Gasteiger partial charge is 0.381 e. The molecule has 3 fully saturated rings. The number of carbonyl (C=O) groups excluding carboxylic acids is 2. The van der Waals surface area contributed by atoms with Gasteiger partial charge in [0, 0.05) is 26.4 Å². The maximum atomic E-state index is 13.2. The highest BCUT2D eigenvalue weighted by molar-refractivity contribution is 5.87. The Kier molecular flexibility index (Phi) is 5.37. The topological polar surface area (TPSA) is 77.1 Å². The second-order valence-electron chi connectivity index (χ2n) is 7.75. The average Bonchev–Trinajstić information content (AvgIpc) is 2.81. The molecule has 2 amide bonds. The van der Waals surface area contributed by atoms with Crippen LogP contribution in [-0.2, 0) is 23.8 Å². The molecule has 0 aliphatic carbocycles. The van der Waals surface area contributed by atoms with E-state index in [1.807, 2.05) is 6.92 Å². The molecule has 1 spiro atoms. The number of nitrogens with one attached hydrogen (secondary N) is 1. The molecule has 0 radical (unpaired) electrons. The Balaban J connectivity index is 1.71. The van der Waals surface area contributed by atoms with Crippen molar-refractivity contribution in [2.75, 3.05) is 32.9 Å². The van der Waals surface area contributed by atoms with Crippen LogP contribution in [0.15, 0.2) is 0 Å². The number of rotatable bonds is 4. The van der Waals surface area contributed by atoms with Crippen molar-refractivity contribution in [2.24, 2.45) is 5.92 Å². The van der Waals surface area contributed by atoms with Gasteiger partial charge in [0.1, 0.15) is 11.7 Å². The van der Waals surface area contributed by atoms with Gasteiger partial charge in [0.2, 0.25) is 0 Å². The third-order valence-corrected chi connectivity index (χ3v) is 5.39. The van der Waals surface area contributed by atoms with E-state index < -0.39 is 17.4 Å². The molecule has 1 N–H and O–H groups in total. The highest BCUT2D eigenvalue weighted by Gasteiger charge is 2.53. The van der Waals surface area contributed by atoms with E-state index in [0.29, 0.717) is 32.9 Å². The lowest BCUT2D eigenvalue weighted by Gasteiger charge is -2.42. The van der Waals surface area contributed by atoms with Gasteiger partial charge in [-0.2, -0.15) is 0 Å². The van der Waals surface area contributed by atoms with Crippen LogP contribution in [0.1, 0.15) is 46.5 Å². The van der Waals surface area contributed by atoms with E-state index in [4.69, 9.17) is 14.2 Å². The summed E-state index contributed by atoms with van der Waals surface area (Å²) in [5.41, 5.74) is -1.62. The van der Waals surface area contributed by atoms with Crippen LogP contribution in [0.2, 0.25) is 0 Å². The van der Waals surface area contributed by atoms with Crippen molar-refractivity contribution in [1.29, 1.82) is 0 Å². The van der Waals surface area contributed by atoms with Crippen LogP contribution >= 0.6 is 0 Å². The fourth-order valence-corrected chi connectivity index (χ4v) is 4.10. The number of piperidine rings is 1. The Morgan fingerprint density at radius 1 is 1.40 bits per heavy atom. The first-order valence-electron chi connectivity index (χ1n) is 9.38. The third-order valence-electron chi connectivity index (χ3n) is 5.39. The van der Waals surface area contributed by atoms with Gasteiger partial charge in [-0.3, -0.25) is 9.59 Å². The Hall–Kier alpha value is -1.18. The molecule has 2 unspecified atom stereocenters. The molecule has 0 bridgehead atoms. The molecule has 2 atom stereocenters. The van der Waals surface area contributed by atoms with E-state index in [9.17, 15) is 9.59 Å². The van der Waals surface area contributed by atoms with Crippen LogP contribution in [0.5, 0.6) is 0 Å². The van der Waals surface area contributed by atoms with Crippen molar-refractivity contribution in [3.05, 3.63) is 0 Å². The van der Waals surface area contributed by atoms with Crippen molar-refractivity contribution in [1.82, 2.24) is 10.2 Å². The number of ether oxygens (including phenoxy) is 3. The molecule has 25 heavy (non-hydrogen) atoms. The van der Waals surface area contributed by atoms with Gasteiger partial charge in [-0.25, -0.2) is 0 Å². The predicted octanol–water partition coefficient (Wildman–Crippen LogP) is 1.06. The van der Waals surface area contributed by atoms with Crippen LogP contribution < -0.4 is 5.32 Å². The lowest BCUT2D eigenvalue weighted by molar-refractivity contribution is -0.165. The molecule has 3 aliphatic heterocycles. The van der Waals surface area contributed by atoms with Gasteiger partial charge in [0.15, 0.2) is 5.72 Å². The van der Waals surface area contributed by atoms with E-state index in [1.165, 1.54) is 0 Å². The smallest absolute Gasteiger partial charge is 0.254 e. The van der Waals surface area contributed by atoms with Gasteiger partial charge in [0.05, 0.1) is 6.54 Å². The van der Waals surface area contributed by atoms with Gasteiger partial charge in [-0.1, -0.05) is 0 Å². The summed E-state index contributed by atoms with van der Waals surface area (Å²) in [6.45, 7) is 8.37. The van der Waals surface area contributed by atoms with Crippen molar-refractivity contribution in [3.8, 4) is 0 Å². The summed E-state index contributed by atoms with van der Waals surface area (Å²) in [6.07, 6.45) is 2.77. The van der Waals surface area contributed by atoms with Crippen molar-refractivity contribution < 1.29 is 23.8 Å². The van der Waals surface area contributed by atoms with Crippen LogP contribution in [-0.4, -0.2) is 67.1 Å². The van der Waals surface area contributed by atoms with Gasteiger partial charge < -0.3 is 24.4 Å². The normalized spacial score (nSPS) is 31.2. The SMILES string of the molecule is CCOC(C(=O)N1CCCC2(C1)NC(=O)C(C)(C)O2)C1CCOCC1. The quantitative estimate of drug-likeness (QED) is 0.817. The number of likely N-dealkylation sites (tertiary alicyclic amines) is 1. The number of hydrogen-bond donors (Lipinski definition) is 1. The fraction of sp³-hybridized carbons (Fsp3) is 0.889. The minimum Gasteiger partial charge on any atom is -0.381 e. The second kappa shape index (κ2) is 7.21. The van der Waals surface area contributed by atoms with Crippen molar-refractivity contribution >= 4 is 11.8 Å². The van der Waals surface area contributed by atoms with Crippen LogP contribution in [0.25, 0.3) is 0 Å². The molecule has 3 heterocycles. The van der Waals surface area contributed by atoms with Gasteiger partial charge in [-0.15, -0.1) is 0 Å². The lowest BCUT2D eigenvalue weighted by Crippen LogP contribution is -2.59. The molecule has 3 aliphatic rings. The maximum absolute atomic E-state index is 13.2. The van der Waals surface area contributed by atoms with E-state index in [2.05, 4.69) is 5.32 Å². The summed E-state index contributed by atoms with van der Waals surface area (Å²) < 4.78 is 17.3. The molecule has 0 aromatic carbocycles. The lowest BCUT2D eigenvalue weighted by atomic mass is 9.91. The zero-order valence-corrected chi connectivity index (χ0v) is 15.5. The molecule has 142 valence electrons. The molecule has 7 nitrogen and oxygen atoms in total. The van der Waals surface area contributed by atoms with Crippen molar-refractivity contribution in [3.63, 3.8) is 0 Å². The van der Waals surface area contributed by atoms with Crippen molar-refractivity contribution in [2.45, 2.75) is 63.9 Å².